The van der Waals surface area contributed by atoms with Crippen LogP contribution in [0, 0.1) is 0 Å². The van der Waals surface area contributed by atoms with Gasteiger partial charge < -0.3 is 4.52 Å². The van der Waals surface area contributed by atoms with Crippen LogP contribution in [0.15, 0.2) is 64.2 Å². The zero-order chi connectivity index (χ0) is 17.9. The van der Waals surface area contributed by atoms with E-state index in [9.17, 15) is 4.79 Å². The van der Waals surface area contributed by atoms with E-state index in [4.69, 9.17) is 16.1 Å². The molecule has 0 amide bonds. The molecule has 0 saturated heterocycles. The van der Waals surface area contributed by atoms with Gasteiger partial charge in [0.05, 0.1) is 23.8 Å². The average molecular weight is 365 g/mol. The molecule has 0 N–H and O–H groups in total. The molecule has 0 aliphatic heterocycles. The summed E-state index contributed by atoms with van der Waals surface area (Å²) in [5.41, 5.74) is 1.36. The monoisotopic (exact) mass is 364 g/mol. The van der Waals surface area contributed by atoms with Gasteiger partial charge in [0.1, 0.15) is 0 Å². The van der Waals surface area contributed by atoms with Crippen LogP contribution >= 0.6 is 11.6 Å². The number of halogens is 1. The third kappa shape index (κ3) is 3.27. The summed E-state index contributed by atoms with van der Waals surface area (Å²) >= 11 is 6.11. The minimum Gasteiger partial charge on any atom is -0.335 e. The maximum atomic E-state index is 12.5. The number of aromatic nitrogens is 4. The highest BCUT2D eigenvalue weighted by molar-refractivity contribution is 6.32. The van der Waals surface area contributed by atoms with Gasteiger partial charge in [-0.1, -0.05) is 47.1 Å². The molecule has 0 saturated carbocycles. The van der Waals surface area contributed by atoms with E-state index in [1.165, 1.54) is 10.9 Å². The van der Waals surface area contributed by atoms with E-state index < -0.39 is 0 Å². The second kappa shape index (κ2) is 6.93. The van der Waals surface area contributed by atoms with Gasteiger partial charge in [-0.15, -0.1) is 0 Å². The van der Waals surface area contributed by atoms with Crippen molar-refractivity contribution in [3.63, 3.8) is 0 Å². The smallest absolute Gasteiger partial charge is 0.261 e. The van der Waals surface area contributed by atoms with E-state index >= 15 is 0 Å². The summed E-state index contributed by atoms with van der Waals surface area (Å²) in [6.45, 7) is 0.181. The van der Waals surface area contributed by atoms with Crippen molar-refractivity contribution in [2.24, 2.45) is 0 Å². The summed E-state index contributed by atoms with van der Waals surface area (Å²) in [5, 5.41) is 5.10. The first-order valence-electron chi connectivity index (χ1n) is 7.90. The number of rotatable bonds is 4. The van der Waals surface area contributed by atoms with E-state index in [1.54, 1.807) is 30.4 Å². The van der Waals surface area contributed by atoms with Gasteiger partial charge in [-0.3, -0.25) is 9.36 Å². The minimum absolute atomic E-state index is 0.145. The lowest BCUT2D eigenvalue weighted by Crippen LogP contribution is -2.21. The molecule has 4 rings (SSSR count). The highest BCUT2D eigenvalue weighted by Crippen LogP contribution is 2.17. The first-order valence-corrected chi connectivity index (χ1v) is 8.28. The number of hydrogen-bond acceptors (Lipinski definition) is 5. The van der Waals surface area contributed by atoms with Crippen LogP contribution in [-0.2, 0) is 6.54 Å². The Labute approximate surface area is 153 Å². The number of hydrogen-bond donors (Lipinski definition) is 0. The molecule has 0 fully saturated rings. The molecule has 0 bridgehead atoms. The highest BCUT2D eigenvalue weighted by Gasteiger charge is 2.08. The Morgan fingerprint density at radius 2 is 1.88 bits per heavy atom. The second-order valence-corrected chi connectivity index (χ2v) is 6.01. The lowest BCUT2D eigenvalue weighted by molar-refractivity contribution is 0.401. The van der Waals surface area contributed by atoms with Crippen LogP contribution < -0.4 is 5.56 Å². The average Bonchev–Trinajstić information content (AvgIpc) is 3.11. The predicted molar refractivity (Wildman–Crippen MR) is 99.8 cm³/mol. The molecule has 0 spiro atoms. The topological polar surface area (TPSA) is 73.8 Å². The number of para-hydroxylation sites is 1. The van der Waals surface area contributed by atoms with Crippen LogP contribution in [0.2, 0.25) is 5.02 Å². The molecule has 0 aliphatic carbocycles. The van der Waals surface area contributed by atoms with Crippen molar-refractivity contribution in [1.29, 1.82) is 0 Å². The second-order valence-electron chi connectivity index (χ2n) is 5.60. The molecule has 0 unspecified atom stereocenters. The fourth-order valence-electron chi connectivity index (χ4n) is 2.54. The van der Waals surface area contributed by atoms with Gasteiger partial charge in [0, 0.05) is 11.1 Å². The zero-order valence-electron chi connectivity index (χ0n) is 13.5. The van der Waals surface area contributed by atoms with Crippen molar-refractivity contribution in [3.8, 4) is 0 Å². The van der Waals surface area contributed by atoms with Gasteiger partial charge in [0.25, 0.3) is 11.4 Å². The molecule has 2 heterocycles. The molecular formula is C19H13ClN4O2. The van der Waals surface area contributed by atoms with Crippen molar-refractivity contribution < 1.29 is 4.52 Å². The minimum atomic E-state index is -0.145. The lowest BCUT2D eigenvalue weighted by Gasteiger charge is -2.03. The molecule has 2 aromatic carbocycles. The maximum absolute atomic E-state index is 12.5. The van der Waals surface area contributed by atoms with Crippen molar-refractivity contribution in [3.05, 3.63) is 87.5 Å². The third-order valence-electron chi connectivity index (χ3n) is 3.84. The molecule has 0 radical (unpaired) electrons. The molecular weight excluding hydrogens is 352 g/mol. The fourth-order valence-corrected chi connectivity index (χ4v) is 2.74. The summed E-state index contributed by atoms with van der Waals surface area (Å²) in [5.74, 6) is 0.727. The Hall–Kier alpha value is -3.25. The van der Waals surface area contributed by atoms with Gasteiger partial charge in [-0.2, -0.15) is 4.98 Å². The molecule has 0 aliphatic rings. The summed E-state index contributed by atoms with van der Waals surface area (Å²) in [6, 6.07) is 14.6. The quantitative estimate of drug-likeness (QED) is 0.552. The SMILES string of the molecule is O=c1c2ccccc2ncn1Cc1noc(/C=C/c2ccccc2Cl)n1. The molecule has 4 aromatic rings. The predicted octanol–water partition coefficient (Wildman–Crippen LogP) is 3.65. The lowest BCUT2D eigenvalue weighted by atomic mass is 10.2. The van der Waals surface area contributed by atoms with E-state index in [0.29, 0.717) is 27.6 Å². The first-order chi connectivity index (χ1) is 12.7. The molecule has 7 heteroatoms. The van der Waals surface area contributed by atoms with Gasteiger partial charge in [0.15, 0.2) is 5.82 Å². The molecule has 2 aromatic heterocycles. The number of nitrogens with zero attached hydrogens (tertiary/aromatic N) is 4. The van der Waals surface area contributed by atoms with E-state index in [2.05, 4.69) is 15.1 Å². The molecule has 0 atom stereocenters. The van der Waals surface area contributed by atoms with Crippen molar-refractivity contribution in [2.75, 3.05) is 0 Å². The summed E-state index contributed by atoms with van der Waals surface area (Å²) in [7, 11) is 0. The van der Waals surface area contributed by atoms with Crippen molar-refractivity contribution in [1.82, 2.24) is 19.7 Å². The van der Waals surface area contributed by atoms with Crippen LogP contribution in [0.1, 0.15) is 17.3 Å². The normalized spacial score (nSPS) is 11.4. The Morgan fingerprint density at radius 1 is 1.08 bits per heavy atom. The van der Waals surface area contributed by atoms with Crippen molar-refractivity contribution in [2.45, 2.75) is 6.54 Å². The summed E-state index contributed by atoms with van der Waals surface area (Å²) in [4.78, 5) is 21.1. The molecule has 6 nitrogen and oxygen atoms in total. The molecule has 26 heavy (non-hydrogen) atoms. The van der Waals surface area contributed by atoms with E-state index in [1.807, 2.05) is 30.3 Å². The largest absolute Gasteiger partial charge is 0.335 e. The van der Waals surface area contributed by atoms with Gasteiger partial charge >= 0.3 is 0 Å². The Kier molecular flexibility index (Phi) is 4.33. The fraction of sp³-hybridized carbons (Fsp3) is 0.0526. The summed E-state index contributed by atoms with van der Waals surface area (Å²) in [6.07, 6.45) is 4.96. The standard InChI is InChI=1S/C19H13ClN4O2/c20-15-7-3-1-5-13(15)9-10-18-22-17(23-26-18)11-24-12-21-16-8-4-2-6-14(16)19(24)25/h1-10,12H,11H2/b10-9+. The van der Waals surface area contributed by atoms with Crippen LogP contribution in [0.4, 0.5) is 0 Å². The van der Waals surface area contributed by atoms with E-state index in [0.717, 1.165) is 5.56 Å². The van der Waals surface area contributed by atoms with Crippen LogP contribution in [-0.4, -0.2) is 19.7 Å². The van der Waals surface area contributed by atoms with Crippen LogP contribution in [0.5, 0.6) is 0 Å². The van der Waals surface area contributed by atoms with Gasteiger partial charge in [-0.05, 0) is 29.8 Å². The van der Waals surface area contributed by atoms with Crippen molar-refractivity contribution >= 4 is 34.7 Å². The summed E-state index contributed by atoms with van der Waals surface area (Å²) < 4.78 is 6.65. The van der Waals surface area contributed by atoms with Crippen LogP contribution in [0.3, 0.4) is 0 Å². The number of benzene rings is 2. The van der Waals surface area contributed by atoms with Gasteiger partial charge in [0.2, 0.25) is 0 Å². The highest BCUT2D eigenvalue weighted by atomic mass is 35.5. The maximum Gasteiger partial charge on any atom is 0.261 e. The zero-order valence-corrected chi connectivity index (χ0v) is 14.3. The molecule has 128 valence electrons. The van der Waals surface area contributed by atoms with Crippen LogP contribution in [0.25, 0.3) is 23.1 Å². The number of fused-ring (bicyclic) bond motifs is 1. The Bertz CT molecular complexity index is 1160. The third-order valence-corrected chi connectivity index (χ3v) is 4.18. The Balaban J connectivity index is 1.57. The van der Waals surface area contributed by atoms with E-state index in [-0.39, 0.29) is 12.1 Å². The van der Waals surface area contributed by atoms with Gasteiger partial charge in [-0.25, -0.2) is 4.98 Å². The Morgan fingerprint density at radius 3 is 2.77 bits per heavy atom. The first kappa shape index (κ1) is 16.2.